The van der Waals surface area contributed by atoms with Crippen LogP contribution in [-0.2, 0) is 11.2 Å². The molecule has 0 heterocycles. The van der Waals surface area contributed by atoms with Gasteiger partial charge in [-0.15, -0.1) is 0 Å². The Hall–Kier alpha value is -2.41. The minimum absolute atomic E-state index is 0.305. The second-order valence-corrected chi connectivity index (χ2v) is 7.07. The Bertz CT molecular complexity index is 940. The molecule has 25 heavy (non-hydrogen) atoms. The molecule has 0 radical (unpaired) electrons. The minimum Gasteiger partial charge on any atom is -0.368 e. The van der Waals surface area contributed by atoms with Crippen molar-refractivity contribution in [2.45, 2.75) is 12.5 Å². The lowest BCUT2D eigenvalue weighted by molar-refractivity contribution is -0.119. The number of primary amides is 1. The molecular weight excluding hydrogens is 427 g/mol. The van der Waals surface area contributed by atoms with Crippen LogP contribution in [0.3, 0.4) is 0 Å². The monoisotopic (exact) mass is 444 g/mol. The summed E-state index contributed by atoms with van der Waals surface area (Å²) in [6, 6.07) is 20.3. The molecule has 1 atom stereocenters. The average Bonchev–Trinajstić information content (AvgIpc) is 2.60. The summed E-state index contributed by atoms with van der Waals surface area (Å²) in [7, 11) is 0. The fraction of sp³-hybridized carbons (Fsp3) is 0.100. The van der Waals surface area contributed by atoms with Crippen LogP contribution in [0.5, 0.6) is 0 Å². The summed E-state index contributed by atoms with van der Waals surface area (Å²) < 4.78 is 1.07. The topological polar surface area (TPSA) is 72.2 Å². The van der Waals surface area contributed by atoms with Crippen molar-refractivity contribution in [2.75, 3.05) is 0 Å². The molecule has 0 saturated carbocycles. The molecule has 0 fully saturated rings. The molecule has 0 saturated heterocycles. The van der Waals surface area contributed by atoms with Crippen molar-refractivity contribution in [3.63, 3.8) is 0 Å². The summed E-state index contributed by atoms with van der Waals surface area (Å²) in [6.07, 6.45) is 0.367. The van der Waals surface area contributed by atoms with Gasteiger partial charge >= 0.3 is 0 Å². The second kappa shape index (κ2) is 7.65. The lowest BCUT2D eigenvalue weighted by atomic mass is 10.0. The van der Waals surface area contributed by atoms with Gasteiger partial charge in [-0.2, -0.15) is 0 Å². The zero-order chi connectivity index (χ0) is 17.8. The summed E-state index contributed by atoms with van der Waals surface area (Å²) in [5, 5.41) is 4.78. The zero-order valence-corrected chi connectivity index (χ0v) is 15.6. The van der Waals surface area contributed by atoms with E-state index in [1.54, 1.807) is 6.07 Å². The molecular formula is C20H17IN2O2. The van der Waals surface area contributed by atoms with E-state index in [9.17, 15) is 9.59 Å². The summed E-state index contributed by atoms with van der Waals surface area (Å²) in [4.78, 5) is 24.3. The second-order valence-electron chi connectivity index (χ2n) is 5.82. The van der Waals surface area contributed by atoms with E-state index in [0.717, 1.165) is 19.9 Å². The Labute approximate surface area is 159 Å². The van der Waals surface area contributed by atoms with E-state index in [2.05, 4.69) is 27.9 Å². The van der Waals surface area contributed by atoms with Crippen LogP contribution in [0.2, 0.25) is 0 Å². The number of carbonyl (C=O) groups excluding carboxylic acids is 2. The minimum atomic E-state index is -0.753. The van der Waals surface area contributed by atoms with E-state index in [1.165, 1.54) is 0 Å². The fourth-order valence-corrected chi connectivity index (χ4v) is 3.30. The van der Waals surface area contributed by atoms with Crippen molar-refractivity contribution < 1.29 is 9.59 Å². The highest BCUT2D eigenvalue weighted by molar-refractivity contribution is 14.1. The average molecular weight is 444 g/mol. The molecule has 2 amide bonds. The van der Waals surface area contributed by atoms with Crippen LogP contribution in [0, 0.1) is 3.57 Å². The maximum Gasteiger partial charge on any atom is 0.251 e. The normalized spacial score (nSPS) is 11.9. The van der Waals surface area contributed by atoms with Gasteiger partial charge in [0.1, 0.15) is 6.04 Å². The molecule has 0 aromatic heterocycles. The van der Waals surface area contributed by atoms with Crippen molar-refractivity contribution >= 4 is 45.2 Å². The number of hydrogen-bond acceptors (Lipinski definition) is 2. The molecule has 3 N–H and O–H groups in total. The van der Waals surface area contributed by atoms with Crippen molar-refractivity contribution in [3.8, 4) is 0 Å². The molecule has 0 unspecified atom stereocenters. The van der Waals surface area contributed by atoms with E-state index in [4.69, 9.17) is 5.73 Å². The number of nitrogens with two attached hydrogens (primary N) is 1. The summed E-state index contributed by atoms with van der Waals surface area (Å²) in [5.41, 5.74) is 6.94. The van der Waals surface area contributed by atoms with E-state index in [1.807, 2.05) is 60.7 Å². The van der Waals surface area contributed by atoms with Crippen LogP contribution in [-0.4, -0.2) is 17.9 Å². The van der Waals surface area contributed by atoms with Crippen LogP contribution < -0.4 is 11.1 Å². The van der Waals surface area contributed by atoms with Gasteiger partial charge in [-0.05, 0) is 63.2 Å². The number of benzene rings is 3. The standard InChI is InChI=1S/C20H17IN2O2/c21-17-7-3-4-13(10-17)11-18(19(22)24)23-20(25)16-9-8-14-5-1-2-6-15(14)12-16/h1-10,12,18H,11H2,(H2,22,24)(H,23,25)/t18-/m1/s1. The lowest BCUT2D eigenvalue weighted by Gasteiger charge is -2.16. The molecule has 0 spiro atoms. The van der Waals surface area contributed by atoms with Gasteiger partial charge < -0.3 is 11.1 Å². The quantitative estimate of drug-likeness (QED) is 0.593. The number of amides is 2. The number of fused-ring (bicyclic) bond motifs is 1. The van der Waals surface area contributed by atoms with Gasteiger partial charge in [0.25, 0.3) is 5.91 Å². The molecule has 3 rings (SSSR count). The van der Waals surface area contributed by atoms with Gasteiger partial charge in [0.2, 0.25) is 5.91 Å². The van der Waals surface area contributed by atoms with E-state index in [-0.39, 0.29) is 5.91 Å². The SMILES string of the molecule is NC(=O)[C@@H](Cc1cccc(I)c1)NC(=O)c1ccc2ccccc2c1. The van der Waals surface area contributed by atoms with Crippen molar-refractivity contribution in [1.82, 2.24) is 5.32 Å². The summed E-state index contributed by atoms with van der Waals surface area (Å²) >= 11 is 2.21. The molecule has 0 aliphatic heterocycles. The number of halogens is 1. The predicted octanol–water partition coefficient (Wildman–Crippen LogP) is 3.27. The smallest absolute Gasteiger partial charge is 0.251 e. The van der Waals surface area contributed by atoms with Gasteiger partial charge in [0.15, 0.2) is 0 Å². The van der Waals surface area contributed by atoms with Crippen molar-refractivity contribution in [2.24, 2.45) is 5.73 Å². The first-order valence-electron chi connectivity index (χ1n) is 7.86. The van der Waals surface area contributed by atoms with Gasteiger partial charge in [0.05, 0.1) is 0 Å². The van der Waals surface area contributed by atoms with Gasteiger partial charge in [-0.1, -0.05) is 42.5 Å². The Kier molecular flexibility index (Phi) is 5.33. The number of carbonyl (C=O) groups is 2. The molecule has 4 nitrogen and oxygen atoms in total. The first kappa shape index (κ1) is 17.4. The highest BCUT2D eigenvalue weighted by Gasteiger charge is 2.19. The summed E-state index contributed by atoms with van der Waals surface area (Å²) in [5.74, 6) is -0.854. The van der Waals surface area contributed by atoms with Gasteiger partial charge in [-0.25, -0.2) is 0 Å². The van der Waals surface area contributed by atoms with E-state index < -0.39 is 11.9 Å². The third-order valence-electron chi connectivity index (χ3n) is 3.99. The van der Waals surface area contributed by atoms with Crippen molar-refractivity contribution in [1.29, 1.82) is 0 Å². The molecule has 3 aromatic rings. The van der Waals surface area contributed by atoms with Crippen LogP contribution in [0.15, 0.2) is 66.7 Å². The first-order chi connectivity index (χ1) is 12.0. The van der Waals surface area contributed by atoms with Crippen LogP contribution in [0.1, 0.15) is 15.9 Å². The number of rotatable bonds is 5. The van der Waals surface area contributed by atoms with Crippen molar-refractivity contribution in [3.05, 3.63) is 81.4 Å². The fourth-order valence-electron chi connectivity index (χ4n) is 2.69. The van der Waals surface area contributed by atoms with Crippen LogP contribution in [0.4, 0.5) is 0 Å². The Morgan fingerprint density at radius 1 is 0.960 bits per heavy atom. The maximum atomic E-state index is 12.5. The largest absolute Gasteiger partial charge is 0.368 e. The van der Waals surface area contributed by atoms with Gasteiger partial charge in [0, 0.05) is 15.6 Å². The van der Waals surface area contributed by atoms with Crippen LogP contribution >= 0.6 is 22.6 Å². The Morgan fingerprint density at radius 2 is 1.72 bits per heavy atom. The molecule has 3 aromatic carbocycles. The summed E-state index contributed by atoms with van der Waals surface area (Å²) in [6.45, 7) is 0. The van der Waals surface area contributed by atoms with Gasteiger partial charge in [-0.3, -0.25) is 9.59 Å². The number of hydrogen-bond donors (Lipinski definition) is 2. The Morgan fingerprint density at radius 3 is 2.44 bits per heavy atom. The Balaban J connectivity index is 1.78. The molecule has 0 aliphatic carbocycles. The molecule has 0 bridgehead atoms. The first-order valence-corrected chi connectivity index (χ1v) is 8.94. The third-order valence-corrected chi connectivity index (χ3v) is 4.66. The maximum absolute atomic E-state index is 12.5. The molecule has 126 valence electrons. The van der Waals surface area contributed by atoms with Crippen LogP contribution in [0.25, 0.3) is 10.8 Å². The lowest BCUT2D eigenvalue weighted by Crippen LogP contribution is -2.45. The van der Waals surface area contributed by atoms with E-state index >= 15 is 0 Å². The highest BCUT2D eigenvalue weighted by atomic mass is 127. The molecule has 0 aliphatic rings. The number of nitrogens with one attached hydrogen (secondary N) is 1. The highest BCUT2D eigenvalue weighted by Crippen LogP contribution is 2.16. The predicted molar refractivity (Wildman–Crippen MR) is 107 cm³/mol. The molecule has 5 heteroatoms. The third kappa shape index (κ3) is 4.36. The zero-order valence-electron chi connectivity index (χ0n) is 13.4. The van der Waals surface area contributed by atoms with E-state index in [0.29, 0.717) is 12.0 Å².